The molecule has 1 aliphatic rings. The molecule has 0 saturated heterocycles. The van der Waals surface area contributed by atoms with Crippen molar-refractivity contribution in [1.82, 2.24) is 4.98 Å². The lowest BCUT2D eigenvalue weighted by atomic mass is 9.99. The molecule has 1 heterocycles. The van der Waals surface area contributed by atoms with E-state index in [1.807, 2.05) is 24.3 Å². The highest BCUT2D eigenvalue weighted by molar-refractivity contribution is 7.92. The van der Waals surface area contributed by atoms with Gasteiger partial charge in [0, 0.05) is 5.71 Å². The Kier molecular flexibility index (Phi) is 3.36. The fraction of sp³-hybridized carbons (Fsp3) is 0.385. The molecule has 0 spiro atoms. The Morgan fingerprint density at radius 3 is 2.58 bits per heavy atom. The molecule has 1 aromatic heterocycles. The second-order valence-corrected chi connectivity index (χ2v) is 7.45. The maximum atomic E-state index is 12.2. The van der Waals surface area contributed by atoms with Crippen LogP contribution in [0.4, 0.5) is 0 Å². The number of rotatable bonds is 2. The lowest BCUT2D eigenvalue weighted by molar-refractivity contribution is 0.596. The van der Waals surface area contributed by atoms with Crippen LogP contribution in [0, 0.1) is 0 Å². The van der Waals surface area contributed by atoms with Gasteiger partial charge in [0.2, 0.25) is 4.34 Å². The van der Waals surface area contributed by atoms with E-state index < -0.39 is 10.0 Å². The average Bonchev–Trinajstić information content (AvgIpc) is 2.84. The van der Waals surface area contributed by atoms with Gasteiger partial charge in [0.05, 0.1) is 10.2 Å². The molecule has 0 atom stereocenters. The maximum Gasteiger partial charge on any atom is 0.309 e. The zero-order chi connectivity index (χ0) is 13.3. The standard InChI is InChI=1S/C13H14N2O2S2/c16-19(17,15-10-6-2-1-3-7-10)13-14-11-8-4-5-9-12(11)18-13/h4-5,8-9H,1-3,6-7H2. The van der Waals surface area contributed by atoms with Gasteiger partial charge >= 0.3 is 10.0 Å². The molecule has 0 bridgehead atoms. The van der Waals surface area contributed by atoms with E-state index in [9.17, 15) is 8.42 Å². The highest BCUT2D eigenvalue weighted by Gasteiger charge is 2.20. The summed E-state index contributed by atoms with van der Waals surface area (Å²) in [5.41, 5.74) is 1.51. The first kappa shape index (κ1) is 12.7. The smallest absolute Gasteiger partial charge is 0.223 e. The molecule has 0 unspecified atom stereocenters. The molecule has 0 N–H and O–H groups in total. The van der Waals surface area contributed by atoms with Gasteiger partial charge in [0.1, 0.15) is 0 Å². The second-order valence-electron chi connectivity index (χ2n) is 4.64. The third-order valence-corrected chi connectivity index (χ3v) is 5.92. The van der Waals surface area contributed by atoms with Gasteiger partial charge < -0.3 is 0 Å². The van der Waals surface area contributed by atoms with Gasteiger partial charge in [0.15, 0.2) is 0 Å². The van der Waals surface area contributed by atoms with Gasteiger partial charge in [-0.1, -0.05) is 18.6 Å². The molecule has 100 valence electrons. The number of nitrogens with zero attached hydrogens (tertiary/aromatic N) is 2. The van der Waals surface area contributed by atoms with Crippen LogP contribution in [0.15, 0.2) is 33.0 Å². The van der Waals surface area contributed by atoms with Gasteiger partial charge in [-0.25, -0.2) is 4.98 Å². The van der Waals surface area contributed by atoms with E-state index in [-0.39, 0.29) is 4.34 Å². The largest absolute Gasteiger partial charge is 0.309 e. The van der Waals surface area contributed by atoms with Crippen molar-refractivity contribution in [2.24, 2.45) is 4.40 Å². The summed E-state index contributed by atoms with van der Waals surface area (Å²) in [4.78, 5) is 4.17. The number of fused-ring (bicyclic) bond motifs is 1. The van der Waals surface area contributed by atoms with Crippen LogP contribution in [0.2, 0.25) is 0 Å². The number of hydrogen-bond donors (Lipinski definition) is 0. The van der Waals surface area contributed by atoms with Gasteiger partial charge in [-0.15, -0.1) is 11.3 Å². The minimum absolute atomic E-state index is 0.103. The van der Waals surface area contributed by atoms with E-state index in [2.05, 4.69) is 9.38 Å². The van der Waals surface area contributed by atoms with Crippen LogP contribution < -0.4 is 0 Å². The van der Waals surface area contributed by atoms with Crippen molar-refractivity contribution < 1.29 is 8.42 Å². The molecule has 4 nitrogen and oxygen atoms in total. The second kappa shape index (κ2) is 5.02. The highest BCUT2D eigenvalue weighted by Crippen LogP contribution is 2.27. The van der Waals surface area contributed by atoms with Gasteiger partial charge in [-0.3, -0.25) is 0 Å². The van der Waals surface area contributed by atoms with Crippen molar-refractivity contribution in [2.75, 3.05) is 0 Å². The fourth-order valence-electron chi connectivity index (χ4n) is 2.22. The molecule has 1 saturated carbocycles. The van der Waals surface area contributed by atoms with Crippen LogP contribution in [0.1, 0.15) is 32.1 Å². The van der Waals surface area contributed by atoms with Crippen LogP contribution in [-0.2, 0) is 10.0 Å². The van der Waals surface area contributed by atoms with Gasteiger partial charge in [-0.05, 0) is 37.8 Å². The molecule has 1 aliphatic carbocycles. The summed E-state index contributed by atoms with van der Waals surface area (Å²) in [7, 11) is -3.63. The zero-order valence-electron chi connectivity index (χ0n) is 10.4. The van der Waals surface area contributed by atoms with Crippen LogP contribution in [0.3, 0.4) is 0 Å². The van der Waals surface area contributed by atoms with Crippen LogP contribution in [0.25, 0.3) is 10.2 Å². The predicted molar refractivity (Wildman–Crippen MR) is 77.3 cm³/mol. The molecule has 0 amide bonds. The Bertz CT molecular complexity index is 691. The first-order chi connectivity index (χ1) is 9.15. The van der Waals surface area contributed by atoms with Gasteiger partial charge in [0.25, 0.3) is 0 Å². The van der Waals surface area contributed by atoms with Crippen molar-refractivity contribution in [3.63, 3.8) is 0 Å². The molecule has 1 aromatic carbocycles. The number of benzene rings is 1. The number of para-hydroxylation sites is 1. The molecule has 0 radical (unpaired) electrons. The van der Waals surface area contributed by atoms with Crippen molar-refractivity contribution in [3.8, 4) is 0 Å². The van der Waals surface area contributed by atoms with Crippen LogP contribution in [-0.4, -0.2) is 19.1 Å². The number of sulfonamides is 1. The molecule has 2 aromatic rings. The van der Waals surface area contributed by atoms with Crippen molar-refractivity contribution in [3.05, 3.63) is 24.3 Å². The summed E-state index contributed by atoms with van der Waals surface area (Å²) in [5.74, 6) is 0. The number of hydrogen-bond acceptors (Lipinski definition) is 4. The fourth-order valence-corrected chi connectivity index (χ4v) is 4.54. The van der Waals surface area contributed by atoms with E-state index >= 15 is 0 Å². The minimum atomic E-state index is -3.63. The summed E-state index contributed by atoms with van der Waals surface area (Å²) in [6.07, 6.45) is 4.83. The summed E-state index contributed by atoms with van der Waals surface area (Å²) >= 11 is 1.19. The summed E-state index contributed by atoms with van der Waals surface area (Å²) in [6.45, 7) is 0. The molecular formula is C13H14N2O2S2. The molecule has 0 aliphatic heterocycles. The van der Waals surface area contributed by atoms with Crippen molar-refractivity contribution in [1.29, 1.82) is 0 Å². The number of thiazole rings is 1. The Morgan fingerprint density at radius 2 is 1.84 bits per heavy atom. The lowest BCUT2D eigenvalue weighted by Crippen LogP contribution is -2.08. The first-order valence-electron chi connectivity index (χ1n) is 6.33. The molecule has 3 rings (SSSR count). The van der Waals surface area contributed by atoms with Crippen LogP contribution in [0.5, 0.6) is 0 Å². The minimum Gasteiger partial charge on any atom is -0.223 e. The van der Waals surface area contributed by atoms with Crippen LogP contribution >= 0.6 is 11.3 Å². The SMILES string of the molecule is O=S(=O)(N=C1CCCCC1)c1nc2ccccc2s1. The Morgan fingerprint density at radius 1 is 1.11 bits per heavy atom. The quantitative estimate of drug-likeness (QED) is 0.853. The average molecular weight is 294 g/mol. The molecule has 1 fully saturated rings. The zero-order valence-corrected chi connectivity index (χ0v) is 12.0. The van der Waals surface area contributed by atoms with Crippen molar-refractivity contribution in [2.45, 2.75) is 36.4 Å². The summed E-state index contributed by atoms with van der Waals surface area (Å²) < 4.78 is 29.4. The monoisotopic (exact) mass is 294 g/mol. The molecular weight excluding hydrogens is 280 g/mol. The van der Waals surface area contributed by atoms with Crippen molar-refractivity contribution >= 4 is 37.3 Å². The lowest BCUT2D eigenvalue weighted by Gasteiger charge is -2.11. The van der Waals surface area contributed by atoms with E-state index in [1.54, 1.807) is 0 Å². The Hall–Kier alpha value is -1.27. The number of aromatic nitrogens is 1. The molecule has 19 heavy (non-hydrogen) atoms. The normalized spacial score (nSPS) is 16.7. The summed E-state index contributed by atoms with van der Waals surface area (Å²) in [5, 5.41) is 0. The van der Waals surface area contributed by atoms with Gasteiger partial charge in [-0.2, -0.15) is 12.8 Å². The summed E-state index contributed by atoms with van der Waals surface area (Å²) in [6, 6.07) is 7.42. The Balaban J connectivity index is 1.99. The third-order valence-electron chi connectivity index (χ3n) is 3.17. The van der Waals surface area contributed by atoms with E-state index in [0.29, 0.717) is 0 Å². The van der Waals surface area contributed by atoms with E-state index in [1.165, 1.54) is 17.8 Å². The third kappa shape index (κ3) is 2.69. The highest BCUT2D eigenvalue weighted by atomic mass is 32.2. The van der Waals surface area contributed by atoms with E-state index in [0.717, 1.165) is 41.6 Å². The first-order valence-corrected chi connectivity index (χ1v) is 8.59. The Labute approximate surface area is 116 Å². The molecule has 6 heteroatoms. The predicted octanol–water partition coefficient (Wildman–Crippen LogP) is 3.39. The van der Waals surface area contributed by atoms with E-state index in [4.69, 9.17) is 0 Å². The topological polar surface area (TPSA) is 59.4 Å². The maximum absolute atomic E-state index is 12.2.